The minimum Gasteiger partial charge on any atom is -0.307 e. The van der Waals surface area contributed by atoms with E-state index in [0.29, 0.717) is 0 Å². The molecule has 0 saturated heterocycles. The van der Waals surface area contributed by atoms with Crippen LogP contribution in [0.3, 0.4) is 0 Å². The van der Waals surface area contributed by atoms with Gasteiger partial charge in [-0.25, -0.2) is 0 Å². The van der Waals surface area contributed by atoms with Crippen molar-refractivity contribution in [3.63, 3.8) is 0 Å². The Morgan fingerprint density at radius 3 is 1.58 bits per heavy atom. The van der Waals surface area contributed by atoms with Gasteiger partial charge < -0.3 is 4.40 Å². The Balaban J connectivity index is 1.24. The van der Waals surface area contributed by atoms with Gasteiger partial charge in [-0.3, -0.25) is 9.13 Å². The summed E-state index contributed by atoms with van der Waals surface area (Å²) in [6.45, 7) is 0. The Hall–Kier alpha value is -7.83. The number of hydrogen-bond donors (Lipinski definition) is 0. The number of hydrogen-bond acceptors (Lipinski definition) is 3. The smallest absolute Gasteiger partial charge is 0.240 e. The minimum atomic E-state index is -0.552. The lowest BCUT2D eigenvalue weighted by Crippen LogP contribution is -2.10. The molecule has 0 aliphatic carbocycles. The van der Waals surface area contributed by atoms with Gasteiger partial charge in [0.25, 0.3) is 0 Å². The van der Waals surface area contributed by atoms with Crippen LogP contribution in [-0.2, 0) is 0 Å². The number of aromatic nitrogens is 6. The van der Waals surface area contributed by atoms with Crippen LogP contribution in [0.15, 0.2) is 182 Å². The first-order valence-corrected chi connectivity index (χ1v) is 18.5. The van der Waals surface area contributed by atoms with E-state index in [-0.39, 0.29) is 61.4 Å². The van der Waals surface area contributed by atoms with Crippen molar-refractivity contribution in [2.75, 3.05) is 0 Å². The molecule has 0 saturated carbocycles. The predicted molar refractivity (Wildman–Crippen MR) is 234 cm³/mol. The van der Waals surface area contributed by atoms with Gasteiger partial charge in [0.1, 0.15) is 0 Å². The number of rotatable bonds is 4. The summed E-state index contributed by atoms with van der Waals surface area (Å²) in [7, 11) is 0. The molecule has 8 aromatic carbocycles. The largest absolute Gasteiger partial charge is 0.307 e. The maximum absolute atomic E-state index is 9.73. The predicted octanol–water partition coefficient (Wildman–Crippen LogP) is 12.5. The van der Waals surface area contributed by atoms with Gasteiger partial charge in [-0.2, -0.15) is 15.0 Å². The summed E-state index contributed by atoms with van der Waals surface area (Å²) >= 11 is 0. The van der Waals surface area contributed by atoms with Crippen molar-refractivity contribution in [2.24, 2.45) is 0 Å². The molecule has 0 amide bonds. The van der Waals surface area contributed by atoms with Crippen molar-refractivity contribution in [1.82, 2.24) is 28.5 Å². The fourth-order valence-electron chi connectivity index (χ4n) is 8.74. The van der Waals surface area contributed by atoms with Crippen LogP contribution in [0.2, 0.25) is 0 Å². The van der Waals surface area contributed by atoms with Gasteiger partial charge in [0.05, 0.1) is 52.3 Å². The first kappa shape index (κ1) is 22.5. The zero-order chi connectivity index (χ0) is 45.9. The van der Waals surface area contributed by atoms with Gasteiger partial charge in [-0.1, -0.05) is 139 Å². The van der Waals surface area contributed by atoms with Crippen LogP contribution in [0.4, 0.5) is 0 Å². The van der Waals surface area contributed by atoms with E-state index < -0.39 is 60.4 Å². The molecule has 5 heterocycles. The molecule has 0 radical (unpaired) electrons. The molecule has 13 rings (SSSR count). The topological polar surface area (TPSA) is 52.9 Å². The molecule has 0 fully saturated rings. The molecule has 0 N–H and O–H groups in total. The average Bonchev–Trinajstić information content (AvgIpc) is 4.09. The van der Waals surface area contributed by atoms with Crippen LogP contribution in [0.25, 0.3) is 116 Å². The molecule has 264 valence electrons. The second kappa shape index (κ2) is 11.4. The normalized spacial score (nSPS) is 14.7. The van der Waals surface area contributed by atoms with E-state index in [2.05, 4.69) is 18.2 Å². The molecule has 0 aliphatic heterocycles. The van der Waals surface area contributed by atoms with E-state index in [0.717, 1.165) is 54.7 Å². The Morgan fingerprint density at radius 2 is 0.895 bits per heavy atom. The van der Waals surface area contributed by atoms with Gasteiger partial charge in [-0.15, -0.1) is 0 Å². The van der Waals surface area contributed by atoms with Gasteiger partial charge >= 0.3 is 0 Å². The SMILES string of the molecule is [2H]c1c([2H])c([2H])c2c(c1[2H])c1c([2H])c([2H])c([2H])c3c4c([2H])c([2H])c([2H])c(-c5nc(-n6c7ccccc7c7ccccc76)nc(-n6c7ccccc7c7cc(-c8ccccc8)ccc76)n5)c4n2c13. The lowest BCUT2D eigenvalue weighted by Gasteiger charge is -2.13. The van der Waals surface area contributed by atoms with Crippen LogP contribution in [0, 0.1) is 0 Å². The van der Waals surface area contributed by atoms with Crippen LogP contribution < -0.4 is 0 Å². The van der Waals surface area contributed by atoms with Crippen LogP contribution in [-0.4, -0.2) is 28.5 Å². The molecule has 5 aromatic heterocycles. The molecule has 6 nitrogen and oxygen atoms in total. The van der Waals surface area contributed by atoms with E-state index in [1.165, 1.54) is 4.40 Å². The van der Waals surface area contributed by atoms with E-state index in [9.17, 15) is 6.85 Å². The summed E-state index contributed by atoms with van der Waals surface area (Å²) < 4.78 is 96.7. The monoisotopic (exact) mass is 736 g/mol. The Labute approximate surface area is 339 Å². The van der Waals surface area contributed by atoms with Gasteiger partial charge in [0, 0.05) is 48.7 Å². The van der Waals surface area contributed by atoms with Gasteiger partial charge in [-0.05, 0) is 53.5 Å². The highest BCUT2D eigenvalue weighted by atomic mass is 15.3. The molecule has 57 heavy (non-hydrogen) atoms. The maximum Gasteiger partial charge on any atom is 0.240 e. The van der Waals surface area contributed by atoms with Crippen molar-refractivity contribution in [1.29, 1.82) is 0 Å². The summed E-state index contributed by atoms with van der Waals surface area (Å²) in [5, 5.41) is 3.70. The summed E-state index contributed by atoms with van der Waals surface area (Å²) in [4.78, 5) is 15.6. The fourth-order valence-corrected chi connectivity index (χ4v) is 8.74. The highest BCUT2D eigenvalue weighted by Gasteiger charge is 2.24. The van der Waals surface area contributed by atoms with Crippen molar-refractivity contribution in [3.05, 3.63) is 182 Å². The minimum absolute atomic E-state index is 0.0000644. The lowest BCUT2D eigenvalue weighted by molar-refractivity contribution is 0.893. The second-order valence-electron chi connectivity index (χ2n) is 14.1. The van der Waals surface area contributed by atoms with Crippen molar-refractivity contribution >= 4 is 81.7 Å². The molecule has 6 heteroatoms. The zero-order valence-electron chi connectivity index (χ0n) is 39.7. The third kappa shape index (κ3) is 4.16. The lowest BCUT2D eigenvalue weighted by atomic mass is 10.0. The quantitative estimate of drug-likeness (QED) is 0.181. The van der Waals surface area contributed by atoms with Gasteiger partial charge in [0.2, 0.25) is 11.9 Å². The first-order chi connectivity index (χ1) is 32.5. The summed E-state index contributed by atoms with van der Waals surface area (Å²) in [5.74, 6) is 0.246. The average molecular weight is 737 g/mol. The Kier molecular flexibility index (Phi) is 4.49. The number of para-hydroxylation sites is 6. The molecule has 0 aliphatic rings. The molecule has 0 atom stereocenters. The summed E-state index contributed by atoms with van der Waals surface area (Å²) in [6.07, 6.45) is 0. The van der Waals surface area contributed by atoms with Gasteiger partial charge in [0.15, 0.2) is 5.82 Å². The van der Waals surface area contributed by atoms with Crippen LogP contribution in [0.5, 0.6) is 0 Å². The van der Waals surface area contributed by atoms with E-state index in [1.54, 1.807) is 0 Å². The zero-order valence-corrected chi connectivity index (χ0v) is 29.7. The molecule has 0 bridgehead atoms. The highest BCUT2D eigenvalue weighted by molar-refractivity contribution is 6.25. The molecule has 0 unspecified atom stereocenters. The molecular weight excluding hydrogens is 697 g/mol. The molecular formula is C51H30N6. The number of fused-ring (bicyclic) bond motifs is 12. The third-order valence-corrected chi connectivity index (χ3v) is 11.1. The Bertz CT molecular complexity index is 4300. The van der Waals surface area contributed by atoms with Crippen molar-refractivity contribution in [3.8, 4) is 34.4 Å². The van der Waals surface area contributed by atoms with Crippen molar-refractivity contribution in [2.45, 2.75) is 0 Å². The standard InChI is InChI=1S/C51H30N6/c1-2-14-31(15-3-1)32-28-29-46-41(30-32)36-19-7-10-26-44(36)56(46)51-53-49(52-50(54-51)55-42-24-8-4-16-33(42)34-17-5-9-25-43(34)55)40-23-13-22-39-38-21-12-20-37-35-18-6-11-27-45(35)57(47(37)38)48(39)40/h1-30H/i6D,11D,12D,13D,18D,20D,21D,22D,23D,27D. The van der Waals surface area contributed by atoms with E-state index in [1.807, 2.05) is 112 Å². The maximum atomic E-state index is 9.73. The van der Waals surface area contributed by atoms with Crippen LogP contribution in [0.1, 0.15) is 13.7 Å². The van der Waals surface area contributed by atoms with E-state index in [4.69, 9.17) is 21.8 Å². The number of benzene rings is 8. The third-order valence-electron chi connectivity index (χ3n) is 11.1. The summed E-state index contributed by atoms with van der Waals surface area (Å²) in [6, 6.07) is 35.2. The molecule has 13 aromatic rings. The van der Waals surface area contributed by atoms with Crippen LogP contribution >= 0.6 is 0 Å². The number of nitrogens with zero attached hydrogens (tertiary/aromatic N) is 6. The summed E-state index contributed by atoms with van der Waals surface area (Å²) in [5.41, 5.74) is 5.19. The Morgan fingerprint density at radius 1 is 0.368 bits per heavy atom. The molecule has 0 spiro atoms. The second-order valence-corrected chi connectivity index (χ2v) is 14.1. The van der Waals surface area contributed by atoms with E-state index >= 15 is 0 Å². The fraction of sp³-hybridized carbons (Fsp3) is 0. The highest BCUT2D eigenvalue weighted by Crippen LogP contribution is 2.42. The first-order valence-electron chi connectivity index (χ1n) is 23.5. The van der Waals surface area contributed by atoms with Crippen molar-refractivity contribution < 1.29 is 13.7 Å².